The molecule has 0 unspecified atom stereocenters. The van der Waals surface area contributed by atoms with Crippen LogP contribution in [0.15, 0.2) is 102 Å². The summed E-state index contributed by atoms with van der Waals surface area (Å²) in [5.74, 6) is -1.40. The predicted molar refractivity (Wildman–Crippen MR) is 182 cm³/mol. The van der Waals surface area contributed by atoms with Crippen molar-refractivity contribution in [2.45, 2.75) is 62.7 Å². The summed E-state index contributed by atoms with van der Waals surface area (Å²) in [6.07, 6.45) is -0.609. The van der Waals surface area contributed by atoms with Crippen LogP contribution in [0.25, 0.3) is 11.1 Å². The van der Waals surface area contributed by atoms with E-state index in [0.717, 1.165) is 38.3 Å². The van der Waals surface area contributed by atoms with E-state index in [2.05, 4.69) is 12.2 Å². The molecule has 0 aromatic heterocycles. The van der Waals surface area contributed by atoms with E-state index in [1.807, 2.05) is 84.9 Å². The van der Waals surface area contributed by atoms with Crippen LogP contribution in [0.2, 0.25) is 0 Å². The highest BCUT2D eigenvalue weighted by Gasteiger charge is 2.38. The molecule has 48 heavy (non-hydrogen) atoms. The lowest BCUT2D eigenvalue weighted by Crippen LogP contribution is -2.38. The molecule has 0 spiro atoms. The fraction of sp³-hybridized carbons (Fsp3) is 0.289. The Morgan fingerprint density at radius 1 is 0.792 bits per heavy atom. The standard InChI is InChI=1S/C38H39NO8S/c1-24-33(23-48-32-18-16-29(17-19-32)37(44)45)46-38(47-36(24)28-10-8-25(22-40)9-11-28)30-14-12-27(13-15-30)31-5-2-4-26(20-31)21-39-34(41)6-3-7-35(42)43/h2,4-5,8-20,24,33,36,38,40H,3,6-7,21-23H2,1H3,(H,39,41)(H,42,43)(H,44,45)/t24-,33+,36+,38+/m0/s1. The molecule has 4 aromatic rings. The van der Waals surface area contributed by atoms with Crippen molar-refractivity contribution in [3.05, 3.63) is 125 Å². The van der Waals surface area contributed by atoms with E-state index in [1.54, 1.807) is 23.9 Å². The third kappa shape index (κ3) is 9.32. The normalized spacial score (nSPS) is 19.0. The van der Waals surface area contributed by atoms with Gasteiger partial charge in [-0.2, -0.15) is 0 Å². The van der Waals surface area contributed by atoms with Crippen molar-refractivity contribution in [3.8, 4) is 11.1 Å². The van der Waals surface area contributed by atoms with Gasteiger partial charge in [-0.1, -0.05) is 73.7 Å². The molecule has 1 amide bonds. The van der Waals surface area contributed by atoms with E-state index in [-0.39, 0.29) is 49.0 Å². The number of carboxylic acid groups (broad SMARTS) is 2. The van der Waals surface area contributed by atoms with Crippen LogP contribution in [0.5, 0.6) is 0 Å². The van der Waals surface area contributed by atoms with Crippen LogP contribution >= 0.6 is 11.8 Å². The Bertz CT molecular complexity index is 1690. The van der Waals surface area contributed by atoms with Crippen LogP contribution in [0.4, 0.5) is 0 Å². The Kier molecular flexibility index (Phi) is 12.0. The number of carbonyl (C=O) groups is 3. The van der Waals surface area contributed by atoms with Gasteiger partial charge < -0.3 is 30.1 Å². The molecule has 10 heteroatoms. The summed E-state index contributed by atoms with van der Waals surface area (Å²) < 4.78 is 13.2. The van der Waals surface area contributed by atoms with E-state index in [1.165, 1.54) is 0 Å². The monoisotopic (exact) mass is 669 g/mol. The number of ether oxygens (including phenoxy) is 2. The largest absolute Gasteiger partial charge is 0.481 e. The summed E-state index contributed by atoms with van der Waals surface area (Å²) in [5.41, 5.74) is 5.85. The number of carbonyl (C=O) groups excluding carboxylic acids is 1. The molecular weight excluding hydrogens is 630 g/mol. The number of thioether (sulfide) groups is 1. The summed E-state index contributed by atoms with van der Waals surface area (Å²) in [6, 6.07) is 30.5. The first kappa shape index (κ1) is 34.8. The number of benzene rings is 4. The smallest absolute Gasteiger partial charge is 0.335 e. The van der Waals surface area contributed by atoms with E-state index in [9.17, 15) is 24.6 Å². The molecule has 9 nitrogen and oxygen atoms in total. The number of hydrogen-bond donors (Lipinski definition) is 4. The van der Waals surface area contributed by atoms with E-state index >= 15 is 0 Å². The van der Waals surface area contributed by atoms with Gasteiger partial charge in [-0.3, -0.25) is 9.59 Å². The van der Waals surface area contributed by atoms with Gasteiger partial charge in [0.05, 0.1) is 24.4 Å². The van der Waals surface area contributed by atoms with Crippen molar-refractivity contribution in [2.24, 2.45) is 5.92 Å². The molecular formula is C38H39NO8S. The van der Waals surface area contributed by atoms with Crippen molar-refractivity contribution in [1.82, 2.24) is 5.32 Å². The second kappa shape index (κ2) is 16.6. The fourth-order valence-corrected chi connectivity index (χ4v) is 6.63. The average Bonchev–Trinajstić information content (AvgIpc) is 3.10. The van der Waals surface area contributed by atoms with Crippen molar-refractivity contribution >= 4 is 29.6 Å². The molecule has 250 valence electrons. The summed E-state index contributed by atoms with van der Waals surface area (Å²) >= 11 is 1.61. The summed E-state index contributed by atoms with van der Waals surface area (Å²) in [5, 5.41) is 30.4. The zero-order valence-electron chi connectivity index (χ0n) is 26.6. The summed E-state index contributed by atoms with van der Waals surface area (Å²) in [4.78, 5) is 35.0. The molecule has 5 rings (SSSR count). The van der Waals surface area contributed by atoms with E-state index in [0.29, 0.717) is 18.7 Å². The Hall–Kier alpha value is -4.48. The van der Waals surface area contributed by atoms with Crippen molar-refractivity contribution in [1.29, 1.82) is 0 Å². The molecule has 1 heterocycles. The number of aromatic carboxylic acids is 1. The maximum Gasteiger partial charge on any atom is 0.335 e. The molecule has 0 radical (unpaired) electrons. The number of aliphatic hydroxyl groups excluding tert-OH is 1. The third-order valence-corrected chi connectivity index (χ3v) is 9.47. The van der Waals surface area contributed by atoms with Crippen LogP contribution in [-0.2, 0) is 32.2 Å². The van der Waals surface area contributed by atoms with Gasteiger partial charge in [0.2, 0.25) is 5.91 Å². The van der Waals surface area contributed by atoms with Gasteiger partial charge in [0, 0.05) is 41.5 Å². The number of aliphatic hydroxyl groups is 1. The van der Waals surface area contributed by atoms with Crippen molar-refractivity contribution < 1.29 is 39.2 Å². The molecule has 4 aromatic carbocycles. The highest BCUT2D eigenvalue weighted by molar-refractivity contribution is 7.99. The average molecular weight is 670 g/mol. The Morgan fingerprint density at radius 3 is 2.17 bits per heavy atom. The van der Waals surface area contributed by atoms with Gasteiger partial charge >= 0.3 is 11.9 Å². The van der Waals surface area contributed by atoms with Gasteiger partial charge in [-0.05, 0) is 64.6 Å². The molecule has 0 saturated carbocycles. The topological polar surface area (TPSA) is 142 Å². The first-order valence-electron chi connectivity index (χ1n) is 15.8. The van der Waals surface area contributed by atoms with Crippen LogP contribution in [-0.4, -0.2) is 45.0 Å². The van der Waals surface area contributed by atoms with Gasteiger partial charge in [0.1, 0.15) is 0 Å². The lowest BCUT2D eigenvalue weighted by Gasteiger charge is -2.41. The van der Waals surface area contributed by atoms with Gasteiger partial charge in [-0.15, -0.1) is 11.8 Å². The lowest BCUT2D eigenvalue weighted by molar-refractivity contribution is -0.268. The minimum atomic E-state index is -0.959. The number of amides is 1. The number of aliphatic carboxylic acids is 1. The molecule has 0 bridgehead atoms. The Labute approximate surface area is 283 Å². The number of rotatable bonds is 14. The molecule has 1 aliphatic rings. The van der Waals surface area contributed by atoms with E-state index < -0.39 is 18.2 Å². The van der Waals surface area contributed by atoms with Crippen molar-refractivity contribution in [3.63, 3.8) is 0 Å². The van der Waals surface area contributed by atoms with Crippen LogP contribution in [0, 0.1) is 5.92 Å². The molecule has 1 saturated heterocycles. The molecule has 1 aliphatic heterocycles. The number of nitrogens with one attached hydrogen (secondary N) is 1. The summed E-state index contributed by atoms with van der Waals surface area (Å²) in [6.45, 7) is 2.42. The molecule has 4 atom stereocenters. The second-order valence-electron chi connectivity index (χ2n) is 11.8. The SMILES string of the molecule is C[C@H]1[C@@H](CSc2ccc(C(=O)O)cc2)O[C@@H](c2ccc(-c3cccc(CNC(=O)CCCC(=O)O)c3)cc2)O[C@H]1c1ccc(CO)cc1. The quantitative estimate of drug-likeness (QED) is 0.104. The van der Waals surface area contributed by atoms with Crippen LogP contribution in [0.1, 0.15) is 71.2 Å². The number of hydrogen-bond acceptors (Lipinski definition) is 7. The highest BCUT2D eigenvalue weighted by atomic mass is 32.2. The van der Waals surface area contributed by atoms with E-state index in [4.69, 9.17) is 14.6 Å². The maximum absolute atomic E-state index is 12.1. The van der Waals surface area contributed by atoms with Gasteiger partial charge in [0.15, 0.2) is 6.29 Å². The minimum absolute atomic E-state index is 0.00620. The second-order valence-corrected chi connectivity index (χ2v) is 12.9. The minimum Gasteiger partial charge on any atom is -0.481 e. The van der Waals surface area contributed by atoms with Crippen molar-refractivity contribution in [2.75, 3.05) is 5.75 Å². The van der Waals surface area contributed by atoms with Gasteiger partial charge in [-0.25, -0.2) is 4.79 Å². The molecule has 0 aliphatic carbocycles. The highest BCUT2D eigenvalue weighted by Crippen LogP contribution is 2.43. The molecule has 4 N–H and O–H groups in total. The zero-order valence-corrected chi connectivity index (χ0v) is 27.4. The molecule has 1 fully saturated rings. The van der Waals surface area contributed by atoms with Gasteiger partial charge in [0.25, 0.3) is 0 Å². The fourth-order valence-electron chi connectivity index (χ4n) is 5.56. The first-order chi connectivity index (χ1) is 23.2. The Balaban J connectivity index is 1.29. The Morgan fingerprint density at radius 2 is 1.50 bits per heavy atom. The van der Waals surface area contributed by atoms with Crippen LogP contribution < -0.4 is 5.32 Å². The lowest BCUT2D eigenvalue weighted by atomic mass is 9.91. The zero-order chi connectivity index (χ0) is 34.0. The predicted octanol–water partition coefficient (Wildman–Crippen LogP) is 7.00. The maximum atomic E-state index is 12.1. The number of carboxylic acids is 2. The first-order valence-corrected chi connectivity index (χ1v) is 16.8. The summed E-state index contributed by atoms with van der Waals surface area (Å²) in [7, 11) is 0. The van der Waals surface area contributed by atoms with Crippen LogP contribution in [0.3, 0.4) is 0 Å². The third-order valence-electron chi connectivity index (χ3n) is 8.37.